The Balaban J connectivity index is -0.000000474. The van der Waals surface area contributed by atoms with Crippen molar-refractivity contribution in [3.8, 4) is 5.75 Å². The first-order valence-electron chi connectivity index (χ1n) is 15.0. The van der Waals surface area contributed by atoms with Gasteiger partial charge in [-0.15, -0.1) is 0 Å². The largest absolute Gasteiger partial charge is 0.497 e. The maximum absolute atomic E-state index is 12.6. The van der Waals surface area contributed by atoms with Crippen LogP contribution < -0.4 is 10.1 Å². The Morgan fingerprint density at radius 2 is 1.25 bits per heavy atom. The number of ketones is 2. The van der Waals surface area contributed by atoms with Crippen LogP contribution in [0.3, 0.4) is 0 Å². The van der Waals surface area contributed by atoms with E-state index < -0.39 is 32.9 Å². The normalized spacial score (nSPS) is 11.7. The molecule has 0 saturated carbocycles. The highest BCUT2D eigenvalue weighted by Gasteiger charge is 2.29. The Morgan fingerprint density at radius 1 is 0.745 bits per heavy atom. The number of Topliss-reactive ketones (excluding diaryl/α,β-unsaturated/α-hetero) is 2. The number of anilines is 1. The number of carbonyl (C=O) groups is 3. The monoisotopic (exact) mass is 739 g/mol. The van der Waals surface area contributed by atoms with E-state index in [1.807, 2.05) is 48.5 Å². The van der Waals surface area contributed by atoms with Crippen LogP contribution in [0.4, 0.5) is 10.4 Å². The molecular formula is C39H62FNO9S. The lowest BCUT2D eigenvalue weighted by molar-refractivity contribution is -0.130. The molecule has 0 radical (unpaired) electrons. The number of amides is 1. The molecule has 3 unspecified atom stereocenters. The quantitative estimate of drug-likeness (QED) is 0.130. The van der Waals surface area contributed by atoms with Crippen LogP contribution >= 0.6 is 0 Å². The lowest BCUT2D eigenvalue weighted by atomic mass is 9.90. The molecule has 51 heavy (non-hydrogen) atoms. The van der Waals surface area contributed by atoms with Crippen molar-refractivity contribution in [1.29, 1.82) is 0 Å². The van der Waals surface area contributed by atoms with Crippen molar-refractivity contribution in [2.75, 3.05) is 26.6 Å². The van der Waals surface area contributed by atoms with Gasteiger partial charge in [0.15, 0.2) is 0 Å². The highest BCUT2D eigenvalue weighted by atomic mass is 32.2. The van der Waals surface area contributed by atoms with Gasteiger partial charge in [0, 0.05) is 33.1 Å². The Labute approximate surface area is 306 Å². The van der Waals surface area contributed by atoms with Gasteiger partial charge >= 0.3 is 0 Å². The molecule has 0 spiro atoms. The zero-order valence-electron chi connectivity index (χ0n) is 27.5. The number of carbonyl (C=O) groups excluding carboxylic acids is 3. The minimum absolute atomic E-state index is 0. The molecule has 12 heteroatoms. The molecule has 0 aliphatic rings. The molecule has 0 bridgehead atoms. The van der Waals surface area contributed by atoms with E-state index in [-0.39, 0.29) is 69.9 Å². The number of hydrogen-bond donors (Lipinski definition) is 2. The highest BCUT2D eigenvalue weighted by Crippen LogP contribution is 2.27. The number of rotatable bonds is 17. The molecule has 0 aliphatic carbocycles. The second-order valence-corrected chi connectivity index (χ2v) is 12.3. The van der Waals surface area contributed by atoms with Gasteiger partial charge in [-0.3, -0.25) is 23.6 Å². The SMILES string of the molecule is C.C.C.C.COC(CCc1ccccc1)CC(C)=O.COc1ccc(NC(=O)CC(C(C)=O)C(CCc2ccccc2)OC)c(S(=O)(=O)O)c1.F. The summed E-state index contributed by atoms with van der Waals surface area (Å²) in [5, 5.41) is 2.47. The van der Waals surface area contributed by atoms with Gasteiger partial charge in [-0.2, -0.15) is 8.42 Å². The first kappa shape index (κ1) is 53.8. The summed E-state index contributed by atoms with van der Waals surface area (Å²) in [6.45, 7) is 3.00. The number of aryl methyl sites for hydroxylation is 2. The molecule has 0 aromatic heterocycles. The van der Waals surface area contributed by atoms with Gasteiger partial charge in [0.25, 0.3) is 10.1 Å². The van der Waals surface area contributed by atoms with E-state index in [2.05, 4.69) is 17.4 Å². The van der Waals surface area contributed by atoms with Gasteiger partial charge in [-0.05, 0) is 62.8 Å². The summed E-state index contributed by atoms with van der Waals surface area (Å²) >= 11 is 0. The fourth-order valence-corrected chi connectivity index (χ4v) is 5.58. The van der Waals surface area contributed by atoms with Crippen LogP contribution in [0.15, 0.2) is 83.8 Å². The molecule has 2 N–H and O–H groups in total. The summed E-state index contributed by atoms with van der Waals surface area (Å²) in [6.07, 6.45) is 2.98. The second-order valence-electron chi connectivity index (χ2n) is 10.9. The zero-order valence-corrected chi connectivity index (χ0v) is 28.3. The van der Waals surface area contributed by atoms with E-state index >= 15 is 0 Å². The van der Waals surface area contributed by atoms with E-state index in [1.54, 1.807) is 14.0 Å². The third-order valence-corrected chi connectivity index (χ3v) is 8.32. The average molecular weight is 740 g/mol. The lowest BCUT2D eigenvalue weighted by Gasteiger charge is -2.24. The smallest absolute Gasteiger partial charge is 0.296 e. The van der Waals surface area contributed by atoms with Crippen LogP contribution in [-0.2, 0) is 46.8 Å². The third-order valence-electron chi connectivity index (χ3n) is 7.43. The predicted octanol–water partition coefficient (Wildman–Crippen LogP) is 8.43. The van der Waals surface area contributed by atoms with Crippen molar-refractivity contribution in [3.63, 3.8) is 0 Å². The molecule has 3 aromatic carbocycles. The van der Waals surface area contributed by atoms with Crippen LogP contribution in [0.2, 0.25) is 0 Å². The molecule has 3 rings (SSSR count). The summed E-state index contributed by atoms with van der Waals surface area (Å²) in [6, 6.07) is 23.8. The molecule has 0 aliphatic heterocycles. The third kappa shape index (κ3) is 19.9. The minimum atomic E-state index is -4.60. The number of ether oxygens (including phenoxy) is 3. The van der Waals surface area contributed by atoms with Gasteiger partial charge in [0.1, 0.15) is 22.2 Å². The zero-order chi connectivity index (χ0) is 34.1. The first-order chi connectivity index (χ1) is 21.9. The maximum Gasteiger partial charge on any atom is 0.296 e. The maximum atomic E-state index is 12.6. The molecule has 3 atom stereocenters. The summed E-state index contributed by atoms with van der Waals surface area (Å²) < 4.78 is 48.6. The Hall–Kier alpha value is -3.97. The Bertz CT molecular complexity index is 1500. The van der Waals surface area contributed by atoms with Gasteiger partial charge in [0.05, 0.1) is 30.9 Å². The van der Waals surface area contributed by atoms with Crippen molar-refractivity contribution < 1.29 is 46.3 Å². The number of methoxy groups -OCH3 is 3. The molecule has 1 amide bonds. The van der Waals surface area contributed by atoms with Gasteiger partial charge in [0.2, 0.25) is 5.91 Å². The molecule has 10 nitrogen and oxygen atoms in total. The van der Waals surface area contributed by atoms with Crippen molar-refractivity contribution in [2.24, 2.45) is 5.92 Å². The van der Waals surface area contributed by atoms with E-state index in [9.17, 15) is 27.4 Å². The first-order valence-corrected chi connectivity index (χ1v) is 16.4. The van der Waals surface area contributed by atoms with Crippen molar-refractivity contribution in [3.05, 3.63) is 90.0 Å². The molecule has 0 fully saturated rings. The van der Waals surface area contributed by atoms with Crippen LogP contribution in [0.1, 0.15) is 80.4 Å². The van der Waals surface area contributed by atoms with Gasteiger partial charge < -0.3 is 19.5 Å². The van der Waals surface area contributed by atoms with Crippen LogP contribution in [-0.4, -0.2) is 64.0 Å². The Kier molecular flexibility index (Phi) is 29.2. The molecule has 0 heterocycles. The molecule has 0 saturated heterocycles. The molecule has 3 aromatic rings. The predicted molar refractivity (Wildman–Crippen MR) is 206 cm³/mol. The lowest BCUT2D eigenvalue weighted by Crippen LogP contribution is -2.33. The van der Waals surface area contributed by atoms with Crippen molar-refractivity contribution in [1.82, 2.24) is 0 Å². The van der Waals surface area contributed by atoms with E-state index in [0.717, 1.165) is 24.5 Å². The van der Waals surface area contributed by atoms with E-state index in [0.29, 0.717) is 19.3 Å². The average Bonchev–Trinajstić information content (AvgIpc) is 3.03. The van der Waals surface area contributed by atoms with Crippen molar-refractivity contribution in [2.45, 2.75) is 99.2 Å². The van der Waals surface area contributed by atoms with Gasteiger partial charge in [-0.1, -0.05) is 90.4 Å². The minimum Gasteiger partial charge on any atom is -0.497 e. The topological polar surface area (TPSA) is 145 Å². The van der Waals surface area contributed by atoms with Crippen molar-refractivity contribution >= 4 is 33.3 Å². The van der Waals surface area contributed by atoms with Gasteiger partial charge in [-0.25, -0.2) is 0 Å². The second kappa shape index (κ2) is 27.7. The highest BCUT2D eigenvalue weighted by molar-refractivity contribution is 7.86. The standard InChI is InChI=1S/C22H27NO7S.C13H18O2.4CH4.FH/c1-15(24)18(20(30-3)12-9-16-7-5-4-6-8-16)14-22(25)23-19-11-10-17(29-2)13-21(19)31(26,27)28;1-11(14)10-13(15-2)9-8-12-6-4-3-5-7-12;;;;;/h4-8,10-11,13,18,20H,9,12,14H2,1-3H3,(H,23,25)(H,26,27,28);3-7,13H,8-10H2,1-2H3;4*1H4;1H. The fourth-order valence-electron chi connectivity index (χ4n) is 4.92. The van der Waals surface area contributed by atoms with Crippen LogP contribution in [0.5, 0.6) is 5.75 Å². The summed E-state index contributed by atoms with van der Waals surface area (Å²) in [7, 11) is -0.102. The number of nitrogens with one attached hydrogen (secondary N) is 1. The molecule has 290 valence electrons. The number of halogens is 1. The Morgan fingerprint density at radius 3 is 1.67 bits per heavy atom. The van der Waals surface area contributed by atoms with E-state index in [4.69, 9.17) is 14.2 Å². The fraction of sp³-hybridized carbons (Fsp3) is 0.462. The van der Waals surface area contributed by atoms with Crippen LogP contribution in [0.25, 0.3) is 0 Å². The summed E-state index contributed by atoms with van der Waals surface area (Å²) in [5.74, 6) is -1.10. The number of benzene rings is 3. The summed E-state index contributed by atoms with van der Waals surface area (Å²) in [4.78, 5) is 35.3. The summed E-state index contributed by atoms with van der Waals surface area (Å²) in [5.41, 5.74) is 2.28. The van der Waals surface area contributed by atoms with Crippen LogP contribution in [0, 0.1) is 5.92 Å². The molecular weight excluding hydrogens is 677 g/mol. The van der Waals surface area contributed by atoms with E-state index in [1.165, 1.54) is 38.8 Å². The number of hydrogen-bond acceptors (Lipinski definition) is 8.